The van der Waals surface area contributed by atoms with E-state index in [1.54, 1.807) is 12.0 Å². The molecular formula is C18H25N3O3. The number of amides is 2. The van der Waals surface area contributed by atoms with Gasteiger partial charge >= 0.3 is 0 Å². The minimum atomic E-state index is -0.267. The van der Waals surface area contributed by atoms with Gasteiger partial charge in [0.15, 0.2) is 0 Å². The van der Waals surface area contributed by atoms with Crippen molar-refractivity contribution in [3.05, 3.63) is 24.3 Å². The van der Waals surface area contributed by atoms with Gasteiger partial charge in [0.05, 0.1) is 18.7 Å². The van der Waals surface area contributed by atoms with Crippen LogP contribution in [0.15, 0.2) is 24.3 Å². The molecule has 0 radical (unpaired) electrons. The molecule has 2 aliphatic rings. The first-order valence-electron chi connectivity index (χ1n) is 8.56. The first kappa shape index (κ1) is 16.8. The Hall–Kier alpha value is -2.08. The lowest BCUT2D eigenvalue weighted by atomic mass is 9.95. The summed E-state index contributed by atoms with van der Waals surface area (Å²) in [6, 6.07) is 7.43. The zero-order valence-corrected chi connectivity index (χ0v) is 14.1. The molecule has 1 atom stereocenters. The second-order valence-corrected chi connectivity index (χ2v) is 6.58. The highest BCUT2D eigenvalue weighted by molar-refractivity contribution is 6.01. The van der Waals surface area contributed by atoms with Crippen molar-refractivity contribution in [1.29, 1.82) is 0 Å². The number of ether oxygens (including phenoxy) is 1. The van der Waals surface area contributed by atoms with Crippen LogP contribution in [-0.2, 0) is 9.59 Å². The third kappa shape index (κ3) is 3.24. The standard InChI is InChI=1S/C18H25N3O3/c1-24-16-5-3-2-4-15(16)21-12-14(10-17(21)22)18(23)20-8-6-13(11-19)7-9-20/h2-5,13-14H,6-12,19H2,1H3. The van der Waals surface area contributed by atoms with Crippen molar-refractivity contribution in [2.24, 2.45) is 17.6 Å². The third-order valence-corrected chi connectivity index (χ3v) is 5.11. The van der Waals surface area contributed by atoms with E-state index in [2.05, 4.69) is 0 Å². The van der Waals surface area contributed by atoms with Gasteiger partial charge in [0.1, 0.15) is 5.75 Å². The fraction of sp³-hybridized carbons (Fsp3) is 0.556. The second-order valence-electron chi connectivity index (χ2n) is 6.58. The molecule has 2 amide bonds. The second kappa shape index (κ2) is 7.21. The van der Waals surface area contributed by atoms with Crippen molar-refractivity contribution in [2.45, 2.75) is 19.3 Å². The summed E-state index contributed by atoms with van der Waals surface area (Å²) in [6.45, 7) is 2.61. The number of hydrogen-bond donors (Lipinski definition) is 1. The molecule has 2 fully saturated rings. The lowest BCUT2D eigenvalue weighted by Gasteiger charge is -2.33. The fourth-order valence-corrected chi connectivity index (χ4v) is 3.61. The van der Waals surface area contributed by atoms with Gasteiger partial charge in [-0.1, -0.05) is 12.1 Å². The summed E-state index contributed by atoms with van der Waals surface area (Å²) in [7, 11) is 1.59. The Morgan fingerprint density at radius 2 is 2.00 bits per heavy atom. The molecule has 2 saturated heterocycles. The summed E-state index contributed by atoms with van der Waals surface area (Å²) in [5.74, 6) is 0.981. The van der Waals surface area contributed by atoms with Gasteiger partial charge in [0.2, 0.25) is 11.8 Å². The number of nitrogens with two attached hydrogens (primary N) is 1. The fourth-order valence-electron chi connectivity index (χ4n) is 3.61. The number of para-hydroxylation sites is 2. The summed E-state index contributed by atoms with van der Waals surface area (Å²) >= 11 is 0. The van der Waals surface area contributed by atoms with Gasteiger partial charge in [-0.2, -0.15) is 0 Å². The quantitative estimate of drug-likeness (QED) is 0.901. The maximum atomic E-state index is 12.8. The SMILES string of the molecule is COc1ccccc1N1CC(C(=O)N2CCC(CN)CC2)CC1=O. The van der Waals surface area contributed by atoms with Crippen LogP contribution in [0.4, 0.5) is 5.69 Å². The molecule has 0 aromatic heterocycles. The topological polar surface area (TPSA) is 75.9 Å². The van der Waals surface area contributed by atoms with Crippen molar-refractivity contribution in [2.75, 3.05) is 38.2 Å². The number of nitrogens with zero attached hydrogens (tertiary/aromatic N) is 2. The van der Waals surface area contributed by atoms with Gasteiger partial charge in [-0.3, -0.25) is 9.59 Å². The highest BCUT2D eigenvalue weighted by atomic mass is 16.5. The molecule has 1 unspecified atom stereocenters. The minimum absolute atomic E-state index is 0.0188. The summed E-state index contributed by atoms with van der Waals surface area (Å²) in [4.78, 5) is 28.8. The van der Waals surface area contributed by atoms with E-state index in [0.717, 1.165) is 31.6 Å². The molecule has 0 bridgehead atoms. The number of carbonyl (C=O) groups is 2. The molecular weight excluding hydrogens is 306 g/mol. The molecule has 2 N–H and O–H groups in total. The maximum absolute atomic E-state index is 12.8. The number of methoxy groups -OCH3 is 1. The van der Waals surface area contributed by atoms with E-state index in [0.29, 0.717) is 24.8 Å². The van der Waals surface area contributed by atoms with Gasteiger partial charge in [-0.05, 0) is 37.4 Å². The van der Waals surface area contributed by atoms with Crippen molar-refractivity contribution in [3.63, 3.8) is 0 Å². The van der Waals surface area contributed by atoms with Gasteiger partial charge < -0.3 is 20.3 Å². The molecule has 0 saturated carbocycles. The molecule has 2 aliphatic heterocycles. The van der Waals surface area contributed by atoms with Crippen molar-refractivity contribution in [3.8, 4) is 5.75 Å². The molecule has 24 heavy (non-hydrogen) atoms. The Bertz CT molecular complexity index is 611. The van der Waals surface area contributed by atoms with Crippen molar-refractivity contribution < 1.29 is 14.3 Å². The number of piperidine rings is 1. The normalized spacial score (nSPS) is 22.1. The van der Waals surface area contributed by atoms with Crippen LogP contribution in [0, 0.1) is 11.8 Å². The predicted octanol–water partition coefficient (Wildman–Crippen LogP) is 1.25. The van der Waals surface area contributed by atoms with Crippen LogP contribution in [0.25, 0.3) is 0 Å². The number of hydrogen-bond acceptors (Lipinski definition) is 4. The summed E-state index contributed by atoms with van der Waals surface area (Å²) in [6.07, 6.45) is 2.19. The Morgan fingerprint density at radius 1 is 1.29 bits per heavy atom. The highest BCUT2D eigenvalue weighted by Gasteiger charge is 2.38. The van der Waals surface area contributed by atoms with E-state index in [-0.39, 0.29) is 24.2 Å². The molecule has 6 heteroatoms. The highest BCUT2D eigenvalue weighted by Crippen LogP contribution is 2.33. The van der Waals surface area contributed by atoms with E-state index in [4.69, 9.17) is 10.5 Å². The van der Waals surface area contributed by atoms with Crippen LogP contribution < -0.4 is 15.4 Å². The first-order chi connectivity index (χ1) is 11.6. The van der Waals surface area contributed by atoms with Crippen molar-refractivity contribution in [1.82, 2.24) is 4.90 Å². The van der Waals surface area contributed by atoms with Gasteiger partial charge in [0.25, 0.3) is 0 Å². The molecule has 130 valence electrons. The van der Waals surface area contributed by atoms with Crippen LogP contribution in [0.5, 0.6) is 5.75 Å². The van der Waals surface area contributed by atoms with E-state index >= 15 is 0 Å². The first-order valence-corrected chi connectivity index (χ1v) is 8.56. The Balaban J connectivity index is 1.67. The molecule has 0 aliphatic carbocycles. The van der Waals surface area contributed by atoms with E-state index in [9.17, 15) is 9.59 Å². The van der Waals surface area contributed by atoms with Crippen LogP contribution in [0.3, 0.4) is 0 Å². The third-order valence-electron chi connectivity index (χ3n) is 5.11. The maximum Gasteiger partial charge on any atom is 0.228 e. The zero-order chi connectivity index (χ0) is 17.1. The Labute approximate surface area is 142 Å². The lowest BCUT2D eigenvalue weighted by molar-refractivity contribution is -0.137. The summed E-state index contributed by atoms with van der Waals surface area (Å²) < 4.78 is 5.34. The molecule has 0 spiro atoms. The van der Waals surface area contributed by atoms with Crippen molar-refractivity contribution >= 4 is 17.5 Å². The summed E-state index contributed by atoms with van der Waals surface area (Å²) in [5, 5.41) is 0. The number of carbonyl (C=O) groups excluding carboxylic acids is 2. The zero-order valence-electron chi connectivity index (χ0n) is 14.1. The number of anilines is 1. The average molecular weight is 331 g/mol. The smallest absolute Gasteiger partial charge is 0.228 e. The number of likely N-dealkylation sites (tertiary alicyclic amines) is 1. The van der Waals surface area contributed by atoms with Crippen LogP contribution in [0.1, 0.15) is 19.3 Å². The van der Waals surface area contributed by atoms with E-state index < -0.39 is 0 Å². The molecule has 6 nitrogen and oxygen atoms in total. The van der Waals surface area contributed by atoms with Gasteiger partial charge in [0, 0.05) is 26.1 Å². The van der Waals surface area contributed by atoms with Crippen LogP contribution in [0.2, 0.25) is 0 Å². The van der Waals surface area contributed by atoms with Crippen LogP contribution >= 0.6 is 0 Å². The average Bonchev–Trinajstić information content (AvgIpc) is 3.02. The van der Waals surface area contributed by atoms with Gasteiger partial charge in [-0.25, -0.2) is 0 Å². The largest absolute Gasteiger partial charge is 0.495 e. The molecule has 2 heterocycles. The van der Waals surface area contributed by atoms with Gasteiger partial charge in [-0.15, -0.1) is 0 Å². The Morgan fingerprint density at radius 3 is 2.67 bits per heavy atom. The molecule has 3 rings (SSSR count). The monoisotopic (exact) mass is 331 g/mol. The summed E-state index contributed by atoms with van der Waals surface area (Å²) in [5.41, 5.74) is 6.45. The molecule has 1 aromatic rings. The van der Waals surface area contributed by atoms with E-state index in [1.807, 2.05) is 29.2 Å². The molecule has 1 aromatic carbocycles. The Kier molecular flexibility index (Phi) is 5.04. The number of rotatable bonds is 4. The lowest BCUT2D eigenvalue weighted by Crippen LogP contribution is -2.43. The van der Waals surface area contributed by atoms with Crippen LogP contribution in [-0.4, -0.2) is 50.0 Å². The van der Waals surface area contributed by atoms with E-state index in [1.165, 1.54) is 0 Å². The predicted molar refractivity (Wildman–Crippen MR) is 91.8 cm³/mol. The minimum Gasteiger partial charge on any atom is -0.495 e. The number of benzene rings is 1.